The molecule has 1 aliphatic heterocycles. The molecule has 1 N–H and O–H groups in total. The molecule has 0 radical (unpaired) electrons. The van der Waals surface area contributed by atoms with E-state index in [1.807, 2.05) is 22.3 Å². The summed E-state index contributed by atoms with van der Waals surface area (Å²) in [6.45, 7) is 3.26. The fourth-order valence-electron chi connectivity index (χ4n) is 3.42. The third-order valence-corrected chi connectivity index (χ3v) is 5.98. The van der Waals surface area contributed by atoms with Crippen molar-refractivity contribution in [3.05, 3.63) is 39.9 Å². The van der Waals surface area contributed by atoms with Gasteiger partial charge in [0, 0.05) is 43.8 Å². The lowest BCUT2D eigenvalue weighted by Crippen LogP contribution is -2.26. The molecule has 0 saturated heterocycles. The highest BCUT2D eigenvalue weighted by atomic mass is 35.5. The summed E-state index contributed by atoms with van der Waals surface area (Å²) in [5.41, 5.74) is 2.62. The molecule has 0 unspecified atom stereocenters. The summed E-state index contributed by atoms with van der Waals surface area (Å²) in [7, 11) is 0. The molecule has 2 aliphatic rings. The van der Waals surface area contributed by atoms with Crippen molar-refractivity contribution in [2.75, 3.05) is 6.54 Å². The van der Waals surface area contributed by atoms with Gasteiger partial charge in [-0.2, -0.15) is 5.10 Å². The van der Waals surface area contributed by atoms with Crippen molar-refractivity contribution in [3.63, 3.8) is 0 Å². The van der Waals surface area contributed by atoms with Crippen LogP contribution >= 0.6 is 22.9 Å². The van der Waals surface area contributed by atoms with Crippen LogP contribution < -0.4 is 5.32 Å². The van der Waals surface area contributed by atoms with Gasteiger partial charge >= 0.3 is 0 Å². The molecule has 0 bridgehead atoms. The summed E-state index contributed by atoms with van der Waals surface area (Å²) in [6, 6.07) is 2.27. The number of thiazole rings is 1. The number of fused-ring (bicyclic) bond motifs is 2. The third kappa shape index (κ3) is 3.02. The lowest BCUT2D eigenvalue weighted by Gasteiger charge is -2.19. The number of amides is 1. The molecule has 3 aromatic rings. The molecule has 1 fully saturated rings. The van der Waals surface area contributed by atoms with Crippen molar-refractivity contribution < 1.29 is 4.79 Å². The summed E-state index contributed by atoms with van der Waals surface area (Å²) in [5.74, 6) is -0.0570. The van der Waals surface area contributed by atoms with Gasteiger partial charge in [0.2, 0.25) is 0 Å². The van der Waals surface area contributed by atoms with Crippen LogP contribution in [0.4, 0.5) is 0 Å². The molecule has 1 saturated carbocycles. The van der Waals surface area contributed by atoms with Gasteiger partial charge in [-0.15, -0.1) is 11.3 Å². The molecule has 0 aromatic carbocycles. The summed E-state index contributed by atoms with van der Waals surface area (Å²) in [5, 5.41) is 10.1. The molecule has 4 heterocycles. The van der Waals surface area contributed by atoms with E-state index in [0.29, 0.717) is 16.9 Å². The SMILES string of the molecule is O=C(NC1CC1)c1cc2n(n1)CCCN(Cc1c(Cl)nc3sccn13)C2. The van der Waals surface area contributed by atoms with Crippen LogP contribution in [0.3, 0.4) is 0 Å². The molecule has 5 rings (SSSR count). The second-order valence-electron chi connectivity index (χ2n) is 6.96. The van der Waals surface area contributed by atoms with E-state index in [-0.39, 0.29) is 5.91 Å². The quantitative estimate of drug-likeness (QED) is 0.743. The largest absolute Gasteiger partial charge is 0.348 e. The van der Waals surface area contributed by atoms with Crippen LogP contribution in [-0.4, -0.2) is 42.6 Å². The van der Waals surface area contributed by atoms with Crippen LogP contribution in [0.1, 0.15) is 41.1 Å². The Morgan fingerprint density at radius 2 is 2.27 bits per heavy atom. The predicted molar refractivity (Wildman–Crippen MR) is 99.5 cm³/mol. The molecule has 1 amide bonds. The molecule has 26 heavy (non-hydrogen) atoms. The minimum Gasteiger partial charge on any atom is -0.348 e. The highest BCUT2D eigenvalue weighted by Gasteiger charge is 2.26. The van der Waals surface area contributed by atoms with Crippen molar-refractivity contribution in [1.29, 1.82) is 0 Å². The predicted octanol–water partition coefficient (Wildman–Crippen LogP) is 2.54. The van der Waals surface area contributed by atoms with Crippen LogP contribution in [0.2, 0.25) is 5.15 Å². The number of hydrogen-bond acceptors (Lipinski definition) is 5. The van der Waals surface area contributed by atoms with E-state index in [2.05, 4.69) is 24.7 Å². The molecule has 0 atom stereocenters. The van der Waals surface area contributed by atoms with Crippen molar-refractivity contribution in [2.24, 2.45) is 0 Å². The number of hydrogen-bond donors (Lipinski definition) is 1. The number of nitrogens with one attached hydrogen (secondary N) is 1. The van der Waals surface area contributed by atoms with Gasteiger partial charge in [0.25, 0.3) is 5.91 Å². The van der Waals surface area contributed by atoms with Gasteiger partial charge in [-0.05, 0) is 25.3 Å². The maximum absolute atomic E-state index is 12.3. The van der Waals surface area contributed by atoms with Crippen molar-refractivity contribution in [2.45, 2.75) is 44.9 Å². The fraction of sp³-hybridized carbons (Fsp3) is 0.471. The first-order valence-corrected chi connectivity index (χ1v) is 10.1. The minimum atomic E-state index is -0.0570. The minimum absolute atomic E-state index is 0.0570. The zero-order valence-electron chi connectivity index (χ0n) is 14.2. The normalized spacial score (nSPS) is 18.0. The van der Waals surface area contributed by atoms with Gasteiger partial charge in [-0.25, -0.2) is 4.98 Å². The molecular formula is C17H19ClN6OS. The second-order valence-corrected chi connectivity index (χ2v) is 8.19. The number of aryl methyl sites for hydroxylation is 1. The van der Waals surface area contributed by atoms with Gasteiger partial charge in [0.15, 0.2) is 10.1 Å². The topological polar surface area (TPSA) is 67.5 Å². The monoisotopic (exact) mass is 390 g/mol. The average molecular weight is 391 g/mol. The Kier molecular flexibility index (Phi) is 3.99. The van der Waals surface area contributed by atoms with E-state index >= 15 is 0 Å². The Hall–Kier alpha value is -1.90. The lowest BCUT2D eigenvalue weighted by molar-refractivity contribution is 0.0945. The van der Waals surface area contributed by atoms with Crippen molar-refractivity contribution in [1.82, 2.24) is 29.4 Å². The van der Waals surface area contributed by atoms with Crippen LogP contribution in [0.25, 0.3) is 4.96 Å². The van der Waals surface area contributed by atoms with E-state index in [4.69, 9.17) is 11.6 Å². The highest BCUT2D eigenvalue weighted by molar-refractivity contribution is 7.15. The van der Waals surface area contributed by atoms with Gasteiger partial charge in [0.1, 0.15) is 5.69 Å². The van der Waals surface area contributed by atoms with Crippen molar-refractivity contribution >= 4 is 33.8 Å². The summed E-state index contributed by atoms with van der Waals surface area (Å²) in [4.78, 5) is 20.0. The summed E-state index contributed by atoms with van der Waals surface area (Å²) < 4.78 is 4.03. The van der Waals surface area contributed by atoms with Gasteiger partial charge < -0.3 is 5.32 Å². The number of carbonyl (C=O) groups is 1. The highest BCUT2D eigenvalue weighted by Crippen LogP contribution is 2.25. The average Bonchev–Trinajstić information content (AvgIpc) is 3.11. The standard InChI is InChI=1S/C17H19ClN6OS/c18-15-14(23-6-7-26-17(23)20-15)10-22-4-1-5-24-12(9-22)8-13(21-24)16(25)19-11-2-3-11/h6-8,11H,1-5,9-10H2,(H,19,25). The van der Waals surface area contributed by atoms with Crippen LogP contribution in [-0.2, 0) is 19.6 Å². The van der Waals surface area contributed by atoms with Gasteiger partial charge in [-0.3, -0.25) is 18.8 Å². The Balaban J connectivity index is 1.36. The first-order valence-electron chi connectivity index (χ1n) is 8.87. The molecular weight excluding hydrogens is 372 g/mol. The van der Waals surface area contributed by atoms with E-state index in [1.165, 1.54) is 0 Å². The molecule has 1 aliphatic carbocycles. The molecule has 0 spiro atoms. The van der Waals surface area contributed by atoms with Crippen molar-refractivity contribution in [3.8, 4) is 0 Å². The van der Waals surface area contributed by atoms with Gasteiger partial charge in [-0.1, -0.05) is 11.6 Å². The first-order chi connectivity index (χ1) is 12.7. The lowest BCUT2D eigenvalue weighted by atomic mass is 10.3. The Bertz CT molecular complexity index is 971. The maximum atomic E-state index is 12.3. The number of aromatic nitrogens is 4. The molecule has 7 nitrogen and oxygen atoms in total. The number of nitrogens with zero attached hydrogens (tertiary/aromatic N) is 5. The first kappa shape index (κ1) is 16.3. The molecule has 136 valence electrons. The maximum Gasteiger partial charge on any atom is 0.272 e. The van der Waals surface area contributed by atoms with E-state index in [9.17, 15) is 4.79 Å². The Morgan fingerprint density at radius 3 is 3.12 bits per heavy atom. The number of imidazole rings is 1. The van der Waals surface area contributed by atoms with E-state index in [0.717, 1.165) is 61.8 Å². The summed E-state index contributed by atoms with van der Waals surface area (Å²) >= 11 is 7.93. The smallest absolute Gasteiger partial charge is 0.272 e. The van der Waals surface area contributed by atoms with Crippen LogP contribution in [0.5, 0.6) is 0 Å². The molecule has 9 heteroatoms. The van der Waals surface area contributed by atoms with E-state index in [1.54, 1.807) is 11.3 Å². The van der Waals surface area contributed by atoms with Gasteiger partial charge in [0.05, 0.1) is 11.4 Å². The van der Waals surface area contributed by atoms with Crippen LogP contribution in [0.15, 0.2) is 17.6 Å². The Labute approximate surface area is 159 Å². The number of halogens is 1. The number of carbonyl (C=O) groups excluding carboxylic acids is 1. The van der Waals surface area contributed by atoms with Crippen LogP contribution in [0, 0.1) is 0 Å². The molecule has 3 aromatic heterocycles. The zero-order valence-corrected chi connectivity index (χ0v) is 15.8. The zero-order chi connectivity index (χ0) is 17.7. The Morgan fingerprint density at radius 1 is 1.38 bits per heavy atom. The van der Waals surface area contributed by atoms with E-state index < -0.39 is 0 Å². The second kappa shape index (κ2) is 6.37. The summed E-state index contributed by atoms with van der Waals surface area (Å²) in [6.07, 6.45) is 5.16. The third-order valence-electron chi connectivity index (χ3n) is 4.92. The fourth-order valence-corrected chi connectivity index (χ4v) is 4.43. The number of rotatable bonds is 4.